The fraction of sp³-hybridized carbons (Fsp3) is 0.923. The molecule has 98 valence electrons. The lowest BCUT2D eigenvalue weighted by atomic mass is 9.93. The highest BCUT2D eigenvalue weighted by Crippen LogP contribution is 2.17. The van der Waals surface area contributed by atoms with Crippen molar-refractivity contribution >= 4 is 5.71 Å². The van der Waals surface area contributed by atoms with E-state index in [1.807, 2.05) is 0 Å². The molecule has 0 radical (unpaired) electrons. The summed E-state index contributed by atoms with van der Waals surface area (Å²) in [6.07, 6.45) is 4.77. The van der Waals surface area contributed by atoms with Gasteiger partial charge in [0.05, 0.1) is 5.71 Å². The first-order chi connectivity index (χ1) is 8.33. The Balaban J connectivity index is 1.75. The second kappa shape index (κ2) is 6.36. The standard InChI is InChI=1S/C13H25N3O/c1-2-12-11-16(8-5-13(12)14-17)10-9-15-6-3-4-7-15/h12,17H,2-11H2,1H3. The van der Waals surface area contributed by atoms with Crippen LogP contribution < -0.4 is 0 Å². The lowest BCUT2D eigenvalue weighted by Crippen LogP contribution is -2.43. The third kappa shape index (κ3) is 3.42. The zero-order valence-corrected chi connectivity index (χ0v) is 10.9. The molecule has 0 saturated carbocycles. The fourth-order valence-corrected chi connectivity index (χ4v) is 2.97. The van der Waals surface area contributed by atoms with Crippen LogP contribution in [0.3, 0.4) is 0 Å². The molecule has 4 nitrogen and oxygen atoms in total. The van der Waals surface area contributed by atoms with E-state index in [1.165, 1.54) is 39.0 Å². The van der Waals surface area contributed by atoms with Crippen molar-refractivity contribution in [2.24, 2.45) is 11.1 Å². The zero-order chi connectivity index (χ0) is 12.1. The Morgan fingerprint density at radius 3 is 2.53 bits per heavy atom. The predicted molar refractivity (Wildman–Crippen MR) is 69.7 cm³/mol. The van der Waals surface area contributed by atoms with E-state index < -0.39 is 0 Å². The SMILES string of the molecule is CCC1CN(CCN2CCCC2)CCC1=NO. The molecule has 0 aromatic heterocycles. The van der Waals surface area contributed by atoms with Crippen LogP contribution in [0.4, 0.5) is 0 Å². The van der Waals surface area contributed by atoms with Crippen LogP contribution in [-0.2, 0) is 0 Å². The Bertz CT molecular complexity index is 261. The lowest BCUT2D eigenvalue weighted by molar-refractivity contribution is 0.197. The smallest absolute Gasteiger partial charge is 0.0627 e. The minimum Gasteiger partial charge on any atom is -0.411 e. The maximum atomic E-state index is 8.94. The maximum Gasteiger partial charge on any atom is 0.0627 e. The van der Waals surface area contributed by atoms with Gasteiger partial charge in [-0.3, -0.25) is 0 Å². The molecule has 0 aromatic carbocycles. The van der Waals surface area contributed by atoms with Crippen LogP contribution in [-0.4, -0.2) is 60.0 Å². The van der Waals surface area contributed by atoms with Crippen molar-refractivity contribution in [3.05, 3.63) is 0 Å². The Morgan fingerprint density at radius 1 is 1.18 bits per heavy atom. The summed E-state index contributed by atoms with van der Waals surface area (Å²) in [6.45, 7) is 9.27. The van der Waals surface area contributed by atoms with Crippen LogP contribution in [0.5, 0.6) is 0 Å². The third-order valence-corrected chi connectivity index (χ3v) is 4.19. The molecule has 2 heterocycles. The highest BCUT2D eigenvalue weighted by Gasteiger charge is 2.25. The van der Waals surface area contributed by atoms with Crippen molar-refractivity contribution in [1.29, 1.82) is 0 Å². The van der Waals surface area contributed by atoms with Gasteiger partial charge in [-0.05, 0) is 32.4 Å². The van der Waals surface area contributed by atoms with Gasteiger partial charge in [0.2, 0.25) is 0 Å². The normalized spacial score (nSPS) is 30.2. The van der Waals surface area contributed by atoms with Gasteiger partial charge in [-0.15, -0.1) is 0 Å². The maximum absolute atomic E-state index is 8.94. The summed E-state index contributed by atoms with van der Waals surface area (Å²) in [5, 5.41) is 12.4. The number of likely N-dealkylation sites (tertiary alicyclic amines) is 2. The monoisotopic (exact) mass is 239 g/mol. The van der Waals surface area contributed by atoms with Crippen LogP contribution in [0.25, 0.3) is 0 Å². The summed E-state index contributed by atoms with van der Waals surface area (Å²) in [4.78, 5) is 5.10. The first-order valence-electron chi connectivity index (χ1n) is 6.99. The number of piperidine rings is 1. The van der Waals surface area contributed by atoms with E-state index in [2.05, 4.69) is 21.9 Å². The Morgan fingerprint density at radius 2 is 1.88 bits per heavy atom. The van der Waals surface area contributed by atoms with E-state index in [0.29, 0.717) is 5.92 Å². The Hall–Kier alpha value is -0.610. The number of oxime groups is 1. The number of hydrogen-bond acceptors (Lipinski definition) is 4. The second-order valence-corrected chi connectivity index (χ2v) is 5.30. The molecule has 0 amide bonds. The summed E-state index contributed by atoms with van der Waals surface area (Å²) in [5.41, 5.74) is 1.00. The van der Waals surface area contributed by atoms with Crippen molar-refractivity contribution in [3.63, 3.8) is 0 Å². The summed E-state index contributed by atoms with van der Waals surface area (Å²) < 4.78 is 0. The minimum atomic E-state index is 0.465. The van der Waals surface area contributed by atoms with Crippen molar-refractivity contribution < 1.29 is 5.21 Å². The van der Waals surface area contributed by atoms with Gasteiger partial charge in [0.1, 0.15) is 0 Å². The molecule has 1 unspecified atom stereocenters. The molecule has 0 aromatic rings. The quantitative estimate of drug-likeness (QED) is 0.599. The molecule has 17 heavy (non-hydrogen) atoms. The molecule has 2 fully saturated rings. The highest BCUT2D eigenvalue weighted by molar-refractivity contribution is 5.87. The van der Waals surface area contributed by atoms with E-state index in [-0.39, 0.29) is 0 Å². The number of hydrogen-bond donors (Lipinski definition) is 1. The zero-order valence-electron chi connectivity index (χ0n) is 10.9. The number of rotatable bonds is 4. The average Bonchev–Trinajstić information content (AvgIpc) is 2.89. The molecule has 1 atom stereocenters. The van der Waals surface area contributed by atoms with Gasteiger partial charge < -0.3 is 15.0 Å². The predicted octanol–water partition coefficient (Wildman–Crippen LogP) is 1.64. The van der Waals surface area contributed by atoms with Gasteiger partial charge in [-0.1, -0.05) is 12.1 Å². The highest BCUT2D eigenvalue weighted by atomic mass is 16.4. The minimum absolute atomic E-state index is 0.465. The Labute approximate surface area is 104 Å². The fourth-order valence-electron chi connectivity index (χ4n) is 2.97. The first-order valence-corrected chi connectivity index (χ1v) is 6.99. The topological polar surface area (TPSA) is 39.1 Å². The van der Waals surface area contributed by atoms with Crippen molar-refractivity contribution in [2.45, 2.75) is 32.6 Å². The molecule has 0 spiro atoms. The third-order valence-electron chi connectivity index (χ3n) is 4.19. The molecule has 2 saturated heterocycles. The van der Waals surface area contributed by atoms with E-state index in [4.69, 9.17) is 5.21 Å². The molecule has 0 bridgehead atoms. The van der Waals surface area contributed by atoms with Gasteiger partial charge in [0.25, 0.3) is 0 Å². The van der Waals surface area contributed by atoms with Gasteiger partial charge in [-0.25, -0.2) is 0 Å². The summed E-state index contributed by atoms with van der Waals surface area (Å²) in [7, 11) is 0. The lowest BCUT2D eigenvalue weighted by Gasteiger charge is -2.33. The van der Waals surface area contributed by atoms with E-state index in [9.17, 15) is 0 Å². The molecule has 2 rings (SSSR count). The summed E-state index contributed by atoms with van der Waals surface area (Å²) in [5.74, 6) is 0.465. The molecule has 2 aliphatic rings. The largest absolute Gasteiger partial charge is 0.411 e. The molecule has 2 aliphatic heterocycles. The van der Waals surface area contributed by atoms with E-state index >= 15 is 0 Å². The number of nitrogens with zero attached hydrogens (tertiary/aromatic N) is 3. The van der Waals surface area contributed by atoms with Crippen LogP contribution in [0, 0.1) is 5.92 Å². The van der Waals surface area contributed by atoms with Crippen LogP contribution in [0.15, 0.2) is 5.16 Å². The van der Waals surface area contributed by atoms with Crippen molar-refractivity contribution in [2.75, 3.05) is 39.3 Å². The van der Waals surface area contributed by atoms with Gasteiger partial charge >= 0.3 is 0 Å². The van der Waals surface area contributed by atoms with Gasteiger partial charge in [0, 0.05) is 38.5 Å². The van der Waals surface area contributed by atoms with Crippen LogP contribution in [0.1, 0.15) is 32.6 Å². The van der Waals surface area contributed by atoms with Crippen LogP contribution >= 0.6 is 0 Å². The van der Waals surface area contributed by atoms with E-state index in [1.54, 1.807) is 0 Å². The van der Waals surface area contributed by atoms with Crippen LogP contribution in [0.2, 0.25) is 0 Å². The first kappa shape index (κ1) is 12.8. The molecular weight excluding hydrogens is 214 g/mol. The Kier molecular flexibility index (Phi) is 4.80. The average molecular weight is 239 g/mol. The van der Waals surface area contributed by atoms with Crippen molar-refractivity contribution in [3.8, 4) is 0 Å². The second-order valence-electron chi connectivity index (χ2n) is 5.30. The molecule has 1 N–H and O–H groups in total. The summed E-state index contributed by atoms with van der Waals surface area (Å²) >= 11 is 0. The van der Waals surface area contributed by atoms with Gasteiger partial charge in [-0.2, -0.15) is 0 Å². The molecular formula is C13H25N3O. The molecule has 4 heteroatoms. The molecule has 0 aliphatic carbocycles. The van der Waals surface area contributed by atoms with Crippen molar-refractivity contribution in [1.82, 2.24) is 9.80 Å². The van der Waals surface area contributed by atoms with E-state index in [0.717, 1.165) is 31.6 Å². The van der Waals surface area contributed by atoms with Gasteiger partial charge in [0.15, 0.2) is 0 Å². The summed E-state index contributed by atoms with van der Waals surface area (Å²) in [6, 6.07) is 0.